The van der Waals surface area contributed by atoms with E-state index in [1.807, 2.05) is 0 Å². The maximum atomic E-state index is 6.08. The predicted molar refractivity (Wildman–Crippen MR) is 53.8 cm³/mol. The molecular weight excluding hydrogens is 162 g/mol. The van der Waals surface area contributed by atoms with Gasteiger partial charge in [0.25, 0.3) is 0 Å². The minimum Gasteiger partial charge on any atom is -0.372 e. The van der Waals surface area contributed by atoms with Crippen molar-refractivity contribution < 1.29 is 4.74 Å². The Morgan fingerprint density at radius 2 is 2.23 bits per heavy atom. The second-order valence-corrected chi connectivity index (χ2v) is 4.85. The van der Waals surface area contributed by atoms with Crippen molar-refractivity contribution in [3.63, 3.8) is 0 Å². The van der Waals surface area contributed by atoms with Crippen LogP contribution in [-0.4, -0.2) is 36.7 Å². The lowest BCUT2D eigenvalue weighted by atomic mass is 9.83. The van der Waals surface area contributed by atoms with Gasteiger partial charge in [-0.1, -0.05) is 13.8 Å². The Balaban J connectivity index is 2.22. The molecule has 1 saturated carbocycles. The molecule has 2 fully saturated rings. The lowest BCUT2D eigenvalue weighted by Crippen LogP contribution is -2.58. The van der Waals surface area contributed by atoms with E-state index in [9.17, 15) is 0 Å². The zero-order valence-electron chi connectivity index (χ0n) is 9.05. The molecule has 0 aromatic heterocycles. The Labute approximate surface area is 81.3 Å². The van der Waals surface area contributed by atoms with E-state index < -0.39 is 0 Å². The van der Waals surface area contributed by atoms with Crippen LogP contribution >= 0.6 is 0 Å². The SMILES string of the molecule is CC(C)C12CCCC1N(C)CCO2. The summed E-state index contributed by atoms with van der Waals surface area (Å²) in [6.45, 7) is 6.64. The molecule has 2 atom stereocenters. The molecule has 2 aliphatic rings. The average molecular weight is 183 g/mol. The minimum atomic E-state index is 0.188. The van der Waals surface area contributed by atoms with Crippen LogP contribution in [0.4, 0.5) is 0 Å². The fourth-order valence-electron chi connectivity index (χ4n) is 3.12. The third-order valence-electron chi connectivity index (χ3n) is 3.93. The molecule has 1 aliphatic heterocycles. The fraction of sp³-hybridized carbons (Fsp3) is 1.00. The summed E-state index contributed by atoms with van der Waals surface area (Å²) in [7, 11) is 2.25. The first-order chi connectivity index (χ1) is 6.17. The topological polar surface area (TPSA) is 12.5 Å². The molecular formula is C11H21NO. The molecule has 0 spiro atoms. The van der Waals surface area contributed by atoms with Gasteiger partial charge in [0.15, 0.2) is 0 Å². The largest absolute Gasteiger partial charge is 0.372 e. The van der Waals surface area contributed by atoms with E-state index in [0.29, 0.717) is 12.0 Å². The van der Waals surface area contributed by atoms with Gasteiger partial charge in [-0.05, 0) is 32.2 Å². The quantitative estimate of drug-likeness (QED) is 0.615. The molecule has 2 heteroatoms. The summed E-state index contributed by atoms with van der Waals surface area (Å²) in [5, 5.41) is 0. The molecule has 1 saturated heterocycles. The van der Waals surface area contributed by atoms with Gasteiger partial charge in [0.1, 0.15) is 0 Å². The molecule has 76 valence electrons. The second kappa shape index (κ2) is 3.25. The summed E-state index contributed by atoms with van der Waals surface area (Å²) in [6.07, 6.45) is 3.93. The highest BCUT2D eigenvalue weighted by Crippen LogP contribution is 2.43. The van der Waals surface area contributed by atoms with E-state index in [-0.39, 0.29) is 5.60 Å². The number of hydrogen-bond acceptors (Lipinski definition) is 2. The monoisotopic (exact) mass is 183 g/mol. The number of rotatable bonds is 1. The normalized spacial score (nSPS) is 41.1. The first-order valence-corrected chi connectivity index (χ1v) is 5.51. The van der Waals surface area contributed by atoms with Crippen molar-refractivity contribution in [3.8, 4) is 0 Å². The van der Waals surface area contributed by atoms with Gasteiger partial charge in [-0.2, -0.15) is 0 Å². The van der Waals surface area contributed by atoms with Crippen molar-refractivity contribution in [1.29, 1.82) is 0 Å². The molecule has 1 aliphatic carbocycles. The molecule has 2 unspecified atom stereocenters. The van der Waals surface area contributed by atoms with Gasteiger partial charge in [-0.3, -0.25) is 4.90 Å². The van der Waals surface area contributed by atoms with Gasteiger partial charge in [-0.25, -0.2) is 0 Å². The van der Waals surface area contributed by atoms with Crippen molar-refractivity contribution in [2.24, 2.45) is 5.92 Å². The maximum Gasteiger partial charge on any atom is 0.0860 e. The molecule has 0 aromatic carbocycles. The molecule has 2 rings (SSSR count). The molecule has 13 heavy (non-hydrogen) atoms. The number of fused-ring (bicyclic) bond motifs is 1. The van der Waals surface area contributed by atoms with Crippen LogP contribution < -0.4 is 0 Å². The van der Waals surface area contributed by atoms with Crippen LogP contribution in [0, 0.1) is 5.92 Å². The van der Waals surface area contributed by atoms with Crippen LogP contribution in [0.25, 0.3) is 0 Å². The molecule has 0 aromatic rings. The van der Waals surface area contributed by atoms with E-state index in [0.717, 1.165) is 13.2 Å². The third-order valence-corrected chi connectivity index (χ3v) is 3.93. The van der Waals surface area contributed by atoms with Crippen LogP contribution in [0.15, 0.2) is 0 Å². The zero-order chi connectivity index (χ0) is 9.47. The first kappa shape index (κ1) is 9.47. The molecule has 1 heterocycles. The van der Waals surface area contributed by atoms with Crippen molar-refractivity contribution in [3.05, 3.63) is 0 Å². The lowest BCUT2D eigenvalue weighted by Gasteiger charge is -2.47. The fourth-order valence-corrected chi connectivity index (χ4v) is 3.12. The number of hydrogen-bond donors (Lipinski definition) is 0. The van der Waals surface area contributed by atoms with E-state index in [4.69, 9.17) is 4.74 Å². The van der Waals surface area contributed by atoms with Crippen LogP contribution in [0.2, 0.25) is 0 Å². The Kier molecular flexibility index (Phi) is 2.37. The number of likely N-dealkylation sites (N-methyl/N-ethyl adjacent to an activating group) is 1. The predicted octanol–water partition coefficient (Wildman–Crippen LogP) is 1.90. The van der Waals surface area contributed by atoms with Gasteiger partial charge in [0.2, 0.25) is 0 Å². The highest BCUT2D eigenvalue weighted by atomic mass is 16.5. The van der Waals surface area contributed by atoms with Crippen molar-refractivity contribution in [2.45, 2.75) is 44.8 Å². The van der Waals surface area contributed by atoms with Crippen LogP contribution in [0.1, 0.15) is 33.1 Å². The minimum absolute atomic E-state index is 0.188. The van der Waals surface area contributed by atoms with E-state index in [1.165, 1.54) is 19.3 Å². The van der Waals surface area contributed by atoms with Crippen molar-refractivity contribution in [2.75, 3.05) is 20.2 Å². The number of morpholine rings is 1. The van der Waals surface area contributed by atoms with Gasteiger partial charge in [0.05, 0.1) is 12.2 Å². The molecule has 0 N–H and O–H groups in total. The maximum absolute atomic E-state index is 6.08. The summed E-state index contributed by atoms with van der Waals surface area (Å²) in [4.78, 5) is 2.50. The molecule has 0 amide bonds. The summed E-state index contributed by atoms with van der Waals surface area (Å²) in [5.74, 6) is 0.655. The summed E-state index contributed by atoms with van der Waals surface area (Å²) < 4.78 is 6.08. The summed E-state index contributed by atoms with van der Waals surface area (Å²) in [5.41, 5.74) is 0.188. The standard InChI is InChI=1S/C11H21NO/c1-9(2)11-6-4-5-10(11)12(3)7-8-13-11/h9-10H,4-8H2,1-3H3. The Bertz CT molecular complexity index is 193. The van der Waals surface area contributed by atoms with Crippen LogP contribution in [0.5, 0.6) is 0 Å². The van der Waals surface area contributed by atoms with Gasteiger partial charge in [0, 0.05) is 12.6 Å². The van der Waals surface area contributed by atoms with E-state index >= 15 is 0 Å². The number of ether oxygens (including phenoxy) is 1. The number of nitrogens with zero attached hydrogens (tertiary/aromatic N) is 1. The van der Waals surface area contributed by atoms with Crippen molar-refractivity contribution in [1.82, 2.24) is 4.90 Å². The van der Waals surface area contributed by atoms with Crippen LogP contribution in [0.3, 0.4) is 0 Å². The van der Waals surface area contributed by atoms with Gasteiger partial charge in [-0.15, -0.1) is 0 Å². The summed E-state index contributed by atoms with van der Waals surface area (Å²) in [6, 6.07) is 0.682. The first-order valence-electron chi connectivity index (χ1n) is 5.51. The van der Waals surface area contributed by atoms with E-state index in [2.05, 4.69) is 25.8 Å². The summed E-state index contributed by atoms with van der Waals surface area (Å²) >= 11 is 0. The highest BCUT2D eigenvalue weighted by Gasteiger charge is 2.49. The second-order valence-electron chi connectivity index (χ2n) is 4.85. The van der Waals surface area contributed by atoms with Gasteiger partial charge < -0.3 is 4.74 Å². The van der Waals surface area contributed by atoms with Crippen molar-refractivity contribution >= 4 is 0 Å². The molecule has 0 bridgehead atoms. The highest BCUT2D eigenvalue weighted by molar-refractivity contribution is 5.03. The van der Waals surface area contributed by atoms with Crippen LogP contribution in [-0.2, 0) is 4.74 Å². The zero-order valence-corrected chi connectivity index (χ0v) is 9.05. The smallest absolute Gasteiger partial charge is 0.0860 e. The van der Waals surface area contributed by atoms with E-state index in [1.54, 1.807) is 0 Å². The van der Waals surface area contributed by atoms with Gasteiger partial charge >= 0.3 is 0 Å². The third kappa shape index (κ3) is 1.31. The Hall–Kier alpha value is -0.0800. The lowest BCUT2D eigenvalue weighted by molar-refractivity contribution is -0.151. The Morgan fingerprint density at radius 1 is 1.46 bits per heavy atom. The molecule has 2 nitrogen and oxygen atoms in total. The Morgan fingerprint density at radius 3 is 2.85 bits per heavy atom. The average Bonchev–Trinajstić information content (AvgIpc) is 2.50. The molecule has 0 radical (unpaired) electrons.